The molecule has 2 N–H and O–H groups in total. The quantitative estimate of drug-likeness (QED) is 0.807. The van der Waals surface area contributed by atoms with E-state index in [9.17, 15) is 14.7 Å². The molecule has 0 fully saturated rings. The van der Waals surface area contributed by atoms with Crippen LogP contribution in [-0.4, -0.2) is 37.2 Å². The van der Waals surface area contributed by atoms with Crippen LogP contribution < -0.4 is 14.8 Å². The SMILES string of the molecule is CC[C@H](C)[C@H](NC(=O)c1cc(OC)c(C)c(OC)c1)C(=O)O. The number of benzene rings is 1. The fourth-order valence-corrected chi connectivity index (χ4v) is 2.12. The first kappa shape index (κ1) is 17.8. The number of amides is 1. The zero-order chi connectivity index (χ0) is 16.9. The van der Waals surface area contributed by atoms with E-state index in [1.54, 1.807) is 19.1 Å². The van der Waals surface area contributed by atoms with E-state index in [1.165, 1.54) is 14.2 Å². The Kier molecular flexibility index (Phi) is 6.22. The van der Waals surface area contributed by atoms with Gasteiger partial charge in [0.1, 0.15) is 17.5 Å². The second kappa shape index (κ2) is 7.68. The van der Waals surface area contributed by atoms with Gasteiger partial charge in [-0.25, -0.2) is 4.79 Å². The molecule has 6 heteroatoms. The number of aliphatic carboxylic acids is 1. The van der Waals surface area contributed by atoms with E-state index < -0.39 is 17.9 Å². The van der Waals surface area contributed by atoms with Crippen molar-refractivity contribution in [3.63, 3.8) is 0 Å². The Hall–Kier alpha value is -2.24. The first-order valence-electron chi connectivity index (χ1n) is 7.11. The molecule has 0 bridgehead atoms. The number of carboxylic acids is 1. The van der Waals surface area contributed by atoms with Crippen LogP contribution in [0, 0.1) is 12.8 Å². The zero-order valence-corrected chi connectivity index (χ0v) is 13.6. The summed E-state index contributed by atoms with van der Waals surface area (Å²) < 4.78 is 10.4. The van der Waals surface area contributed by atoms with Crippen molar-refractivity contribution in [2.45, 2.75) is 33.2 Å². The minimum absolute atomic E-state index is 0.171. The fourth-order valence-electron chi connectivity index (χ4n) is 2.12. The third kappa shape index (κ3) is 3.90. The molecule has 0 saturated heterocycles. The fraction of sp³-hybridized carbons (Fsp3) is 0.500. The summed E-state index contributed by atoms with van der Waals surface area (Å²) in [6.45, 7) is 5.48. The number of carboxylic acid groups (broad SMARTS) is 1. The molecule has 6 nitrogen and oxygen atoms in total. The Bertz CT molecular complexity index is 530. The monoisotopic (exact) mass is 309 g/mol. The van der Waals surface area contributed by atoms with Gasteiger partial charge in [-0.1, -0.05) is 20.3 Å². The first-order valence-corrected chi connectivity index (χ1v) is 7.11. The highest BCUT2D eigenvalue weighted by Crippen LogP contribution is 2.29. The highest BCUT2D eigenvalue weighted by molar-refractivity contribution is 5.97. The van der Waals surface area contributed by atoms with Crippen LogP contribution >= 0.6 is 0 Å². The van der Waals surface area contributed by atoms with E-state index in [2.05, 4.69) is 5.32 Å². The molecule has 0 aliphatic rings. The Balaban J connectivity index is 3.09. The largest absolute Gasteiger partial charge is 0.496 e. The number of methoxy groups -OCH3 is 2. The average molecular weight is 309 g/mol. The lowest BCUT2D eigenvalue weighted by Gasteiger charge is -2.20. The summed E-state index contributed by atoms with van der Waals surface area (Å²) in [7, 11) is 3.01. The van der Waals surface area contributed by atoms with Gasteiger partial charge in [0.15, 0.2) is 0 Å². The van der Waals surface area contributed by atoms with Crippen molar-refractivity contribution < 1.29 is 24.2 Å². The highest BCUT2D eigenvalue weighted by atomic mass is 16.5. The molecule has 0 aromatic heterocycles. The number of rotatable bonds is 7. The predicted octanol–water partition coefficient (Wildman–Crippen LogP) is 2.24. The van der Waals surface area contributed by atoms with Gasteiger partial charge >= 0.3 is 5.97 Å². The van der Waals surface area contributed by atoms with Crippen LogP contribution in [0.15, 0.2) is 12.1 Å². The van der Waals surface area contributed by atoms with Gasteiger partial charge in [0.05, 0.1) is 14.2 Å². The van der Waals surface area contributed by atoms with Gasteiger partial charge in [-0.05, 0) is 25.0 Å². The summed E-state index contributed by atoms with van der Waals surface area (Å²) in [5.74, 6) is -0.659. The van der Waals surface area contributed by atoms with Gasteiger partial charge in [-0.2, -0.15) is 0 Å². The first-order chi connectivity index (χ1) is 10.3. The van der Waals surface area contributed by atoms with Crippen LogP contribution in [0.3, 0.4) is 0 Å². The lowest BCUT2D eigenvalue weighted by Crippen LogP contribution is -2.45. The molecule has 2 atom stereocenters. The lowest BCUT2D eigenvalue weighted by atomic mass is 9.98. The molecular formula is C16H23NO5. The molecule has 22 heavy (non-hydrogen) atoms. The third-order valence-corrected chi connectivity index (χ3v) is 3.78. The van der Waals surface area contributed by atoms with E-state index in [-0.39, 0.29) is 5.92 Å². The predicted molar refractivity (Wildman–Crippen MR) is 82.6 cm³/mol. The lowest BCUT2D eigenvalue weighted by molar-refractivity contribution is -0.140. The Morgan fingerprint density at radius 1 is 1.23 bits per heavy atom. The second-order valence-electron chi connectivity index (χ2n) is 5.18. The van der Waals surface area contributed by atoms with E-state index in [0.717, 1.165) is 5.56 Å². The number of hydrogen-bond donors (Lipinski definition) is 2. The second-order valence-corrected chi connectivity index (χ2v) is 5.18. The van der Waals surface area contributed by atoms with Gasteiger partial charge in [-0.3, -0.25) is 4.79 Å². The van der Waals surface area contributed by atoms with Crippen molar-refractivity contribution in [3.05, 3.63) is 23.3 Å². The van der Waals surface area contributed by atoms with E-state index in [0.29, 0.717) is 23.5 Å². The third-order valence-electron chi connectivity index (χ3n) is 3.78. The van der Waals surface area contributed by atoms with Crippen LogP contribution in [0.25, 0.3) is 0 Å². The number of carbonyl (C=O) groups is 2. The maximum atomic E-state index is 12.3. The van der Waals surface area contributed by atoms with E-state index in [4.69, 9.17) is 9.47 Å². The topological polar surface area (TPSA) is 84.9 Å². The maximum absolute atomic E-state index is 12.3. The summed E-state index contributed by atoms with van der Waals surface area (Å²) in [6.07, 6.45) is 0.651. The zero-order valence-electron chi connectivity index (χ0n) is 13.6. The van der Waals surface area contributed by atoms with Crippen LogP contribution in [0.5, 0.6) is 11.5 Å². The maximum Gasteiger partial charge on any atom is 0.326 e. The van der Waals surface area contributed by atoms with Crippen LogP contribution in [0.4, 0.5) is 0 Å². The molecule has 0 saturated carbocycles. The molecule has 0 aliphatic carbocycles. The van der Waals surface area contributed by atoms with Crippen molar-refractivity contribution in [2.24, 2.45) is 5.92 Å². The minimum atomic E-state index is -1.05. The van der Waals surface area contributed by atoms with Gasteiger partial charge in [0, 0.05) is 11.1 Å². The Labute approximate surface area is 130 Å². The summed E-state index contributed by atoms with van der Waals surface area (Å²) in [5.41, 5.74) is 1.08. The minimum Gasteiger partial charge on any atom is -0.496 e. The molecule has 0 heterocycles. The van der Waals surface area contributed by atoms with Crippen molar-refractivity contribution in [2.75, 3.05) is 14.2 Å². The summed E-state index contributed by atoms with van der Waals surface area (Å²) in [5, 5.41) is 11.8. The summed E-state index contributed by atoms with van der Waals surface area (Å²) >= 11 is 0. The highest BCUT2D eigenvalue weighted by Gasteiger charge is 2.26. The van der Waals surface area contributed by atoms with Crippen molar-refractivity contribution >= 4 is 11.9 Å². The molecule has 0 radical (unpaired) electrons. The number of hydrogen-bond acceptors (Lipinski definition) is 4. The molecule has 122 valence electrons. The van der Waals surface area contributed by atoms with E-state index in [1.807, 2.05) is 13.8 Å². The number of nitrogens with one attached hydrogen (secondary N) is 1. The van der Waals surface area contributed by atoms with Crippen LogP contribution in [0.1, 0.15) is 36.2 Å². The van der Waals surface area contributed by atoms with Gasteiger partial charge in [-0.15, -0.1) is 0 Å². The number of ether oxygens (including phenoxy) is 2. The van der Waals surface area contributed by atoms with Crippen LogP contribution in [0.2, 0.25) is 0 Å². The van der Waals surface area contributed by atoms with Gasteiger partial charge in [0.25, 0.3) is 5.91 Å². The van der Waals surface area contributed by atoms with Crippen LogP contribution in [-0.2, 0) is 4.79 Å². The average Bonchev–Trinajstić information content (AvgIpc) is 2.51. The molecular weight excluding hydrogens is 286 g/mol. The van der Waals surface area contributed by atoms with Crippen molar-refractivity contribution in [1.82, 2.24) is 5.32 Å². The van der Waals surface area contributed by atoms with Gasteiger partial charge < -0.3 is 19.9 Å². The standard InChI is InChI=1S/C16H23NO5/c1-6-9(2)14(16(19)20)17-15(18)11-7-12(21-4)10(3)13(8-11)22-5/h7-9,14H,6H2,1-5H3,(H,17,18)(H,19,20)/t9-,14-/m0/s1. The normalized spacial score (nSPS) is 13.1. The molecule has 1 amide bonds. The van der Waals surface area contributed by atoms with Gasteiger partial charge in [0.2, 0.25) is 0 Å². The molecule has 1 rings (SSSR count). The molecule has 1 aromatic rings. The number of carbonyl (C=O) groups excluding carboxylic acids is 1. The molecule has 0 unspecified atom stereocenters. The molecule has 0 aliphatic heterocycles. The summed E-state index contributed by atoms with van der Waals surface area (Å²) in [6, 6.07) is 2.21. The van der Waals surface area contributed by atoms with E-state index >= 15 is 0 Å². The molecule has 0 spiro atoms. The van der Waals surface area contributed by atoms with Crippen molar-refractivity contribution in [1.29, 1.82) is 0 Å². The summed E-state index contributed by atoms with van der Waals surface area (Å²) in [4.78, 5) is 23.6. The Morgan fingerprint density at radius 3 is 2.09 bits per heavy atom. The smallest absolute Gasteiger partial charge is 0.326 e. The van der Waals surface area contributed by atoms with Crippen molar-refractivity contribution in [3.8, 4) is 11.5 Å². The molecule has 1 aromatic carbocycles. The Morgan fingerprint density at radius 2 is 1.73 bits per heavy atom.